The number of amides is 1. The van der Waals surface area contributed by atoms with E-state index in [2.05, 4.69) is 15.3 Å². The van der Waals surface area contributed by atoms with Crippen molar-refractivity contribution in [2.24, 2.45) is 0 Å². The van der Waals surface area contributed by atoms with Gasteiger partial charge in [-0.05, 0) is 36.4 Å². The highest BCUT2D eigenvalue weighted by Gasteiger charge is 2.34. The largest absolute Gasteiger partial charge is 0.449 e. The molecule has 0 radical (unpaired) electrons. The topological polar surface area (TPSA) is 57.8 Å². The van der Waals surface area contributed by atoms with E-state index >= 15 is 0 Å². The van der Waals surface area contributed by atoms with Gasteiger partial charge in [0.2, 0.25) is 5.82 Å². The molecule has 1 aromatic heterocycles. The highest BCUT2D eigenvalue weighted by Crippen LogP contribution is 2.28. The maximum absolute atomic E-state index is 12.6. The number of benzene rings is 2. The van der Waals surface area contributed by atoms with E-state index in [1.54, 1.807) is 24.3 Å². The van der Waals surface area contributed by atoms with Crippen LogP contribution in [0.4, 0.5) is 18.9 Å². The van der Waals surface area contributed by atoms with Crippen molar-refractivity contribution >= 4 is 34.2 Å². The lowest BCUT2D eigenvalue weighted by molar-refractivity contribution is -0.144. The van der Waals surface area contributed by atoms with Crippen LogP contribution in [0.1, 0.15) is 16.2 Å². The number of alkyl halides is 3. The van der Waals surface area contributed by atoms with E-state index < -0.39 is 17.9 Å². The molecular formula is C15H9ClF3N3O. The van der Waals surface area contributed by atoms with E-state index in [0.717, 1.165) is 0 Å². The van der Waals surface area contributed by atoms with E-state index in [0.29, 0.717) is 10.7 Å². The van der Waals surface area contributed by atoms with Crippen molar-refractivity contribution in [2.45, 2.75) is 6.18 Å². The van der Waals surface area contributed by atoms with E-state index in [1.807, 2.05) is 0 Å². The summed E-state index contributed by atoms with van der Waals surface area (Å²) in [7, 11) is 0. The molecule has 23 heavy (non-hydrogen) atoms. The molecule has 3 aromatic rings. The molecule has 118 valence electrons. The zero-order valence-corrected chi connectivity index (χ0v) is 12.2. The summed E-state index contributed by atoms with van der Waals surface area (Å²) < 4.78 is 37.9. The predicted molar refractivity (Wildman–Crippen MR) is 80.5 cm³/mol. The Labute approximate surface area is 133 Å². The van der Waals surface area contributed by atoms with E-state index in [1.165, 1.54) is 18.2 Å². The lowest BCUT2D eigenvalue weighted by atomic mass is 10.2. The van der Waals surface area contributed by atoms with Crippen molar-refractivity contribution in [2.75, 3.05) is 5.32 Å². The molecule has 8 heteroatoms. The summed E-state index contributed by atoms with van der Waals surface area (Å²) in [5.41, 5.74) is 0.964. The van der Waals surface area contributed by atoms with Gasteiger partial charge < -0.3 is 10.3 Å². The van der Waals surface area contributed by atoms with Crippen LogP contribution >= 0.6 is 11.6 Å². The van der Waals surface area contributed by atoms with Gasteiger partial charge in [0.15, 0.2) is 0 Å². The first-order valence-corrected chi connectivity index (χ1v) is 6.84. The molecule has 0 aliphatic heterocycles. The number of nitrogens with zero attached hydrogens (tertiary/aromatic N) is 1. The molecule has 0 unspecified atom stereocenters. The zero-order valence-electron chi connectivity index (χ0n) is 11.4. The van der Waals surface area contributed by atoms with Gasteiger partial charge in [0, 0.05) is 16.3 Å². The number of fused-ring (bicyclic) bond motifs is 1. The normalized spacial score (nSPS) is 11.7. The third-order valence-corrected chi connectivity index (χ3v) is 3.33. The average molecular weight is 340 g/mol. The van der Waals surface area contributed by atoms with Crippen LogP contribution in [0.2, 0.25) is 5.02 Å². The highest BCUT2D eigenvalue weighted by molar-refractivity contribution is 6.31. The first-order chi connectivity index (χ1) is 10.8. The Balaban J connectivity index is 1.89. The Bertz CT molecular complexity index is 889. The number of carbonyl (C=O) groups is 1. The van der Waals surface area contributed by atoms with Gasteiger partial charge in [-0.15, -0.1) is 0 Å². The standard InChI is InChI=1S/C15H9ClF3N3O/c16-9-2-1-3-10(7-9)20-13(23)8-4-5-11-12(6-8)22-14(21-11)15(17,18)19/h1-7H,(H,20,23)(H,21,22). The molecule has 0 fully saturated rings. The monoisotopic (exact) mass is 339 g/mol. The molecule has 0 aliphatic rings. The van der Waals surface area contributed by atoms with Gasteiger partial charge in [0.1, 0.15) is 0 Å². The van der Waals surface area contributed by atoms with Crippen LogP contribution in [-0.2, 0) is 6.18 Å². The first kappa shape index (κ1) is 15.4. The molecule has 3 rings (SSSR count). The number of aromatic amines is 1. The minimum atomic E-state index is -4.57. The number of hydrogen-bond acceptors (Lipinski definition) is 2. The van der Waals surface area contributed by atoms with Gasteiger partial charge in [0.25, 0.3) is 5.91 Å². The number of H-pyrrole nitrogens is 1. The zero-order chi connectivity index (χ0) is 16.6. The number of nitrogens with one attached hydrogen (secondary N) is 2. The number of hydrogen-bond donors (Lipinski definition) is 2. The van der Waals surface area contributed by atoms with Crippen molar-refractivity contribution in [3.8, 4) is 0 Å². The predicted octanol–water partition coefficient (Wildman–Crippen LogP) is 4.49. The third-order valence-electron chi connectivity index (χ3n) is 3.10. The van der Waals surface area contributed by atoms with Crippen molar-refractivity contribution in [1.82, 2.24) is 9.97 Å². The molecular weight excluding hydrogens is 331 g/mol. The summed E-state index contributed by atoms with van der Waals surface area (Å²) in [5.74, 6) is -1.56. The van der Waals surface area contributed by atoms with Gasteiger partial charge in [0.05, 0.1) is 11.0 Å². The summed E-state index contributed by atoms with van der Waals surface area (Å²) in [5, 5.41) is 3.08. The molecule has 2 N–H and O–H groups in total. The molecule has 0 saturated heterocycles. The molecule has 1 amide bonds. The van der Waals surface area contributed by atoms with Crippen molar-refractivity contribution < 1.29 is 18.0 Å². The first-order valence-electron chi connectivity index (χ1n) is 6.47. The molecule has 0 saturated carbocycles. The van der Waals surface area contributed by atoms with Gasteiger partial charge in [-0.2, -0.15) is 13.2 Å². The van der Waals surface area contributed by atoms with Gasteiger partial charge in [-0.1, -0.05) is 17.7 Å². The summed E-state index contributed by atoms with van der Waals surface area (Å²) in [6.07, 6.45) is -4.57. The smallest absolute Gasteiger partial charge is 0.334 e. The minimum Gasteiger partial charge on any atom is -0.334 e. The second-order valence-electron chi connectivity index (χ2n) is 4.78. The van der Waals surface area contributed by atoms with Crippen LogP contribution in [-0.4, -0.2) is 15.9 Å². The van der Waals surface area contributed by atoms with Gasteiger partial charge in [-0.3, -0.25) is 4.79 Å². The Hall–Kier alpha value is -2.54. The molecule has 2 aromatic carbocycles. The lowest BCUT2D eigenvalue weighted by Gasteiger charge is -2.05. The number of rotatable bonds is 2. The average Bonchev–Trinajstić information content (AvgIpc) is 2.90. The quantitative estimate of drug-likeness (QED) is 0.723. The summed E-state index contributed by atoms with van der Waals surface area (Å²) in [6, 6.07) is 10.6. The summed E-state index contributed by atoms with van der Waals surface area (Å²) in [4.78, 5) is 17.8. The van der Waals surface area contributed by atoms with Crippen molar-refractivity contribution in [3.05, 3.63) is 58.9 Å². The SMILES string of the molecule is O=C(Nc1cccc(Cl)c1)c1ccc2nc(C(F)(F)F)[nH]c2c1. The summed E-state index contributed by atoms with van der Waals surface area (Å²) >= 11 is 5.83. The number of aromatic nitrogens is 2. The fourth-order valence-electron chi connectivity index (χ4n) is 2.05. The summed E-state index contributed by atoms with van der Waals surface area (Å²) in [6.45, 7) is 0. The molecule has 0 spiro atoms. The second kappa shape index (κ2) is 5.58. The van der Waals surface area contributed by atoms with Crippen LogP contribution in [0.5, 0.6) is 0 Å². The van der Waals surface area contributed by atoms with Crippen molar-refractivity contribution in [1.29, 1.82) is 0 Å². The van der Waals surface area contributed by atoms with Crippen LogP contribution < -0.4 is 5.32 Å². The molecule has 0 bridgehead atoms. The van der Waals surface area contributed by atoms with Crippen LogP contribution in [0.3, 0.4) is 0 Å². The highest BCUT2D eigenvalue weighted by atomic mass is 35.5. The second-order valence-corrected chi connectivity index (χ2v) is 5.22. The number of halogens is 4. The van der Waals surface area contributed by atoms with Gasteiger partial charge >= 0.3 is 6.18 Å². The van der Waals surface area contributed by atoms with E-state index in [4.69, 9.17) is 11.6 Å². The van der Waals surface area contributed by atoms with Gasteiger partial charge in [-0.25, -0.2) is 4.98 Å². The Morgan fingerprint density at radius 2 is 1.96 bits per heavy atom. The number of imidazole rings is 1. The van der Waals surface area contributed by atoms with Crippen LogP contribution in [0, 0.1) is 0 Å². The maximum atomic E-state index is 12.6. The number of anilines is 1. The number of carbonyl (C=O) groups excluding carboxylic acids is 1. The fourth-order valence-corrected chi connectivity index (χ4v) is 2.24. The molecule has 4 nitrogen and oxygen atoms in total. The Morgan fingerprint density at radius 3 is 2.65 bits per heavy atom. The van der Waals surface area contributed by atoms with Crippen LogP contribution in [0.15, 0.2) is 42.5 Å². The lowest BCUT2D eigenvalue weighted by Crippen LogP contribution is -2.11. The van der Waals surface area contributed by atoms with E-state index in [-0.39, 0.29) is 16.6 Å². The van der Waals surface area contributed by atoms with Crippen molar-refractivity contribution in [3.63, 3.8) is 0 Å². The minimum absolute atomic E-state index is 0.135. The van der Waals surface area contributed by atoms with E-state index in [9.17, 15) is 18.0 Å². The molecule has 0 atom stereocenters. The Morgan fingerprint density at radius 1 is 1.17 bits per heavy atom. The maximum Gasteiger partial charge on any atom is 0.449 e. The third kappa shape index (κ3) is 3.29. The molecule has 0 aliphatic carbocycles. The fraction of sp³-hybridized carbons (Fsp3) is 0.0667. The van der Waals surface area contributed by atoms with Crippen LogP contribution in [0.25, 0.3) is 11.0 Å². The Kier molecular flexibility index (Phi) is 3.73. The molecule has 1 heterocycles.